The van der Waals surface area contributed by atoms with Crippen molar-refractivity contribution in [1.29, 1.82) is 0 Å². The maximum absolute atomic E-state index is 12.6. The highest BCUT2D eigenvalue weighted by molar-refractivity contribution is 7.17. The fraction of sp³-hybridized carbons (Fsp3) is 0.244. The van der Waals surface area contributed by atoms with E-state index in [4.69, 9.17) is 32.9 Å². The van der Waals surface area contributed by atoms with Gasteiger partial charge in [0.2, 0.25) is 0 Å². The molecule has 0 aromatic heterocycles. The topological polar surface area (TPSA) is 119 Å². The van der Waals surface area contributed by atoms with Gasteiger partial charge in [0, 0.05) is 0 Å². The molecule has 52 heavy (non-hydrogen) atoms. The summed E-state index contributed by atoms with van der Waals surface area (Å²) in [5, 5.41) is 10.2. The van der Waals surface area contributed by atoms with Gasteiger partial charge in [-0.05, 0) is 41.0 Å². The normalized spacial score (nSPS) is 20.3. The standard InChI is InChI=1S/C41H39O10P/c42-36(43)26-35-37(45-27-30-16-6-1-7-17-30)38(46-28-31-18-8-2-9-19-31)39(47-29-32-20-10-3-11-21-32)40(48-35)41(51-52-44,49-33-22-12-4-13-23-33)50-34-24-14-5-15-25-34/h1-25,35,37-40H,26-29H2,(H,42,43). The van der Waals surface area contributed by atoms with Crippen LogP contribution < -0.4 is 9.47 Å². The first-order chi connectivity index (χ1) is 25.5. The number of carboxylic acids is 1. The molecule has 1 aliphatic heterocycles. The Balaban J connectivity index is 1.48. The fourth-order valence-corrected chi connectivity index (χ4v) is 6.28. The van der Waals surface area contributed by atoms with Crippen LogP contribution in [0.25, 0.3) is 0 Å². The first kappa shape index (κ1) is 36.8. The number of rotatable bonds is 18. The van der Waals surface area contributed by atoms with Gasteiger partial charge in [-0.1, -0.05) is 127 Å². The molecule has 0 bridgehead atoms. The van der Waals surface area contributed by atoms with Crippen LogP contribution in [0.5, 0.6) is 11.5 Å². The molecular weight excluding hydrogens is 683 g/mol. The highest BCUT2D eigenvalue weighted by Gasteiger charge is 2.61. The van der Waals surface area contributed by atoms with Crippen LogP contribution in [-0.4, -0.2) is 47.6 Å². The third-order valence-electron chi connectivity index (χ3n) is 8.39. The van der Waals surface area contributed by atoms with E-state index in [2.05, 4.69) is 0 Å². The van der Waals surface area contributed by atoms with Crippen molar-refractivity contribution in [3.05, 3.63) is 168 Å². The molecule has 11 heteroatoms. The molecule has 0 saturated carbocycles. The van der Waals surface area contributed by atoms with Crippen molar-refractivity contribution < 1.29 is 47.4 Å². The van der Waals surface area contributed by atoms with Crippen molar-refractivity contribution in [3.63, 3.8) is 0 Å². The van der Waals surface area contributed by atoms with Gasteiger partial charge in [0.1, 0.15) is 29.8 Å². The maximum atomic E-state index is 12.6. The second-order valence-corrected chi connectivity index (χ2v) is 12.4. The van der Waals surface area contributed by atoms with Gasteiger partial charge < -0.3 is 33.5 Å². The van der Waals surface area contributed by atoms with Crippen LogP contribution in [-0.2, 0) is 52.7 Å². The number of para-hydroxylation sites is 2. The van der Waals surface area contributed by atoms with Crippen molar-refractivity contribution in [2.45, 2.75) is 62.7 Å². The highest BCUT2D eigenvalue weighted by Crippen LogP contribution is 2.41. The van der Waals surface area contributed by atoms with E-state index < -0.39 is 57.6 Å². The molecule has 1 N–H and O–H groups in total. The van der Waals surface area contributed by atoms with Gasteiger partial charge in [-0.25, -0.2) is 9.09 Å². The Morgan fingerprint density at radius 3 is 1.37 bits per heavy atom. The maximum Gasteiger partial charge on any atom is 0.412 e. The second-order valence-electron chi connectivity index (χ2n) is 12.1. The van der Waals surface area contributed by atoms with Gasteiger partial charge in [-0.2, -0.15) is 0 Å². The SMILES string of the molecule is O=POC(Oc1ccccc1)(Oc1ccccc1)C1OC(CC(=O)O)C(OCc2ccccc2)C(OCc2ccccc2)C1OCc1ccccc1. The van der Waals surface area contributed by atoms with E-state index in [0.29, 0.717) is 11.5 Å². The number of benzene rings is 5. The highest BCUT2D eigenvalue weighted by atomic mass is 31.1. The molecule has 5 aromatic carbocycles. The van der Waals surface area contributed by atoms with Crippen LogP contribution in [0.1, 0.15) is 23.1 Å². The van der Waals surface area contributed by atoms with Crippen molar-refractivity contribution >= 4 is 14.7 Å². The Morgan fingerprint density at radius 2 is 0.962 bits per heavy atom. The smallest absolute Gasteiger partial charge is 0.412 e. The number of aliphatic carboxylic acids is 1. The average Bonchev–Trinajstić information content (AvgIpc) is 3.17. The lowest BCUT2D eigenvalue weighted by atomic mass is 9.91. The molecule has 1 aliphatic rings. The van der Waals surface area contributed by atoms with Crippen LogP contribution in [0.4, 0.5) is 0 Å². The number of ether oxygens (including phenoxy) is 6. The summed E-state index contributed by atoms with van der Waals surface area (Å²) in [7, 11) is -0.810. The Bertz CT molecular complexity index is 1760. The Kier molecular flexibility index (Phi) is 13.1. The molecule has 10 nitrogen and oxygen atoms in total. The van der Waals surface area contributed by atoms with E-state index in [9.17, 15) is 14.5 Å². The molecular formula is C41H39O10P. The lowest BCUT2D eigenvalue weighted by Crippen LogP contribution is -2.69. The Morgan fingerprint density at radius 1 is 0.577 bits per heavy atom. The minimum absolute atomic E-state index is 0.0907. The zero-order valence-electron chi connectivity index (χ0n) is 28.2. The molecule has 0 radical (unpaired) electrons. The summed E-state index contributed by atoms with van der Waals surface area (Å²) in [6.45, 7) is 0.350. The van der Waals surface area contributed by atoms with E-state index in [0.717, 1.165) is 16.7 Å². The molecule has 0 aliphatic carbocycles. The molecule has 1 fully saturated rings. The predicted molar refractivity (Wildman–Crippen MR) is 192 cm³/mol. The second kappa shape index (κ2) is 18.5. The van der Waals surface area contributed by atoms with Crippen LogP contribution in [0, 0.1) is 0 Å². The molecule has 268 valence electrons. The van der Waals surface area contributed by atoms with E-state index in [1.807, 2.05) is 103 Å². The molecule has 1 heterocycles. The summed E-state index contributed by atoms with van der Waals surface area (Å²) in [6, 6.07) is 46.0. The molecule has 6 rings (SSSR count). The Hall–Kier alpha value is -4.93. The third kappa shape index (κ3) is 9.89. The van der Waals surface area contributed by atoms with Crippen LogP contribution in [0.2, 0.25) is 0 Å². The molecule has 5 aromatic rings. The molecule has 0 spiro atoms. The van der Waals surface area contributed by atoms with E-state index in [1.165, 1.54) is 0 Å². The van der Waals surface area contributed by atoms with Crippen LogP contribution in [0.15, 0.2) is 152 Å². The summed E-state index contributed by atoms with van der Waals surface area (Å²) < 4.78 is 58.2. The summed E-state index contributed by atoms with van der Waals surface area (Å²) in [6.07, 6.45) is -6.07. The van der Waals surface area contributed by atoms with Crippen molar-refractivity contribution in [3.8, 4) is 11.5 Å². The van der Waals surface area contributed by atoms with Gasteiger partial charge >= 0.3 is 20.6 Å². The predicted octanol–water partition coefficient (Wildman–Crippen LogP) is 8.02. The molecule has 0 amide bonds. The Labute approximate surface area is 304 Å². The van der Waals surface area contributed by atoms with E-state index >= 15 is 0 Å². The van der Waals surface area contributed by atoms with Gasteiger partial charge in [-0.3, -0.25) is 4.79 Å². The lowest BCUT2D eigenvalue weighted by Gasteiger charge is -2.49. The summed E-state index contributed by atoms with van der Waals surface area (Å²) in [5.74, 6) is -2.84. The van der Waals surface area contributed by atoms with Crippen LogP contribution in [0.3, 0.4) is 0 Å². The first-order valence-electron chi connectivity index (χ1n) is 16.9. The van der Waals surface area contributed by atoms with Gasteiger partial charge in [0.15, 0.2) is 6.10 Å². The van der Waals surface area contributed by atoms with Crippen molar-refractivity contribution in [2.75, 3.05) is 0 Å². The van der Waals surface area contributed by atoms with Gasteiger partial charge in [-0.15, -0.1) is 0 Å². The van der Waals surface area contributed by atoms with Crippen molar-refractivity contribution in [1.82, 2.24) is 0 Å². The number of carbonyl (C=O) groups is 1. The summed E-state index contributed by atoms with van der Waals surface area (Å²) >= 11 is 0. The minimum atomic E-state index is -2.30. The molecule has 5 atom stereocenters. The number of carboxylic acid groups (broad SMARTS) is 1. The van der Waals surface area contributed by atoms with Crippen LogP contribution >= 0.6 is 8.69 Å². The summed E-state index contributed by atoms with van der Waals surface area (Å²) in [5.41, 5.74) is 2.58. The van der Waals surface area contributed by atoms with Crippen molar-refractivity contribution in [2.24, 2.45) is 0 Å². The van der Waals surface area contributed by atoms with Gasteiger partial charge in [0.05, 0.1) is 32.3 Å². The van der Waals surface area contributed by atoms with Gasteiger partial charge in [0.25, 0.3) is 0 Å². The monoisotopic (exact) mass is 722 g/mol. The largest absolute Gasteiger partial charge is 0.481 e. The minimum Gasteiger partial charge on any atom is -0.481 e. The van der Waals surface area contributed by atoms with E-state index in [1.54, 1.807) is 48.5 Å². The van der Waals surface area contributed by atoms with E-state index in [-0.39, 0.29) is 19.8 Å². The number of hydrogen-bond acceptors (Lipinski definition) is 9. The zero-order chi connectivity index (χ0) is 36.0. The average molecular weight is 723 g/mol. The quantitative estimate of drug-likeness (QED) is 0.0704. The molecule has 1 saturated heterocycles. The lowest BCUT2D eigenvalue weighted by molar-refractivity contribution is -0.371. The fourth-order valence-electron chi connectivity index (χ4n) is 5.99. The summed E-state index contributed by atoms with van der Waals surface area (Å²) in [4.78, 5) is 12.5. The zero-order valence-corrected chi connectivity index (χ0v) is 29.1. The number of hydrogen-bond donors (Lipinski definition) is 1. The first-order valence-corrected chi connectivity index (χ1v) is 17.6. The third-order valence-corrected chi connectivity index (χ3v) is 8.71. The molecule has 5 unspecified atom stereocenters.